The Hall–Kier alpha value is -5.56. The van der Waals surface area contributed by atoms with Crippen molar-refractivity contribution in [2.75, 3.05) is 19.8 Å². The summed E-state index contributed by atoms with van der Waals surface area (Å²) in [5.74, 6) is -0.927. The summed E-state index contributed by atoms with van der Waals surface area (Å²) >= 11 is 0. The van der Waals surface area contributed by atoms with Crippen LogP contribution in [-0.4, -0.2) is 99.9 Å². The number of carbonyl (C=O) groups is 6. The predicted molar refractivity (Wildman–Crippen MR) is 230 cm³/mol. The number of rotatable bonds is 13. The van der Waals surface area contributed by atoms with E-state index in [1.807, 2.05) is 112 Å². The Morgan fingerprint density at radius 3 is 1.20 bits per heavy atom. The fourth-order valence-electron chi connectivity index (χ4n) is 7.47. The van der Waals surface area contributed by atoms with Crippen molar-refractivity contribution < 1.29 is 48.1 Å². The van der Waals surface area contributed by atoms with Crippen molar-refractivity contribution in [1.82, 2.24) is 14.7 Å². The van der Waals surface area contributed by atoms with Gasteiger partial charge in [-0.1, -0.05) is 146 Å². The van der Waals surface area contributed by atoms with Crippen LogP contribution in [0.15, 0.2) is 91.0 Å². The van der Waals surface area contributed by atoms with Crippen LogP contribution < -0.4 is 0 Å². The fourth-order valence-corrected chi connectivity index (χ4v) is 7.47. The average molecular weight is 842 g/mol. The van der Waals surface area contributed by atoms with E-state index in [9.17, 15) is 33.9 Å². The van der Waals surface area contributed by atoms with Gasteiger partial charge in [-0.25, -0.2) is 29.1 Å². The van der Waals surface area contributed by atoms with Gasteiger partial charge in [-0.15, -0.1) is 0 Å². The molecule has 6 rings (SSSR count). The summed E-state index contributed by atoms with van der Waals surface area (Å²) in [5.41, 5.74) is 3.25. The summed E-state index contributed by atoms with van der Waals surface area (Å²) in [6.45, 7) is 16.0. The largest absolute Gasteiger partial charge is 0.447 e. The van der Waals surface area contributed by atoms with Crippen LogP contribution in [0, 0.1) is 29.6 Å². The van der Waals surface area contributed by atoms with Gasteiger partial charge in [0.15, 0.2) is 0 Å². The van der Waals surface area contributed by atoms with Crippen LogP contribution in [0.1, 0.15) is 78.5 Å². The number of aliphatic hydroxyl groups excluding tert-OH is 1. The SMILES string of the molecule is CC(C)[C@@H](C)[C@H](C)C(=O)N1C(=O)OC[C@@H]1Cc1ccccc1.CC(C)[C@@H](O)[C@H](C)C(=O)N1C(=O)OC[C@@H]1Cc1ccccc1.CCC(=O)N1C(=O)OC[C@@H]1Cc1ccccc1. The molecular formula is C48H63N3O10. The van der Waals surface area contributed by atoms with Crippen molar-refractivity contribution in [2.45, 2.75) is 105 Å². The number of hydrogen-bond acceptors (Lipinski definition) is 10. The summed E-state index contributed by atoms with van der Waals surface area (Å²) in [4.78, 5) is 76.1. The Balaban J connectivity index is 0.000000203. The third kappa shape index (κ3) is 13.0. The normalized spacial score (nSPS) is 20.4. The first kappa shape index (κ1) is 48.1. The van der Waals surface area contributed by atoms with Crippen LogP contribution >= 0.6 is 0 Å². The van der Waals surface area contributed by atoms with E-state index >= 15 is 0 Å². The first-order valence-electron chi connectivity index (χ1n) is 21.3. The van der Waals surface area contributed by atoms with Gasteiger partial charge in [0.05, 0.1) is 30.1 Å². The van der Waals surface area contributed by atoms with Gasteiger partial charge in [0.1, 0.15) is 19.8 Å². The van der Waals surface area contributed by atoms with Crippen LogP contribution in [0.3, 0.4) is 0 Å². The average Bonchev–Trinajstić information content (AvgIpc) is 3.94. The van der Waals surface area contributed by atoms with Crippen molar-refractivity contribution in [1.29, 1.82) is 0 Å². The smallest absolute Gasteiger partial charge is 0.416 e. The molecule has 13 heteroatoms. The number of hydrogen-bond donors (Lipinski definition) is 1. The minimum absolute atomic E-state index is 0.0508. The fraction of sp³-hybridized carbons (Fsp3) is 0.500. The minimum atomic E-state index is -0.779. The lowest BCUT2D eigenvalue weighted by Gasteiger charge is -2.28. The highest BCUT2D eigenvalue weighted by molar-refractivity contribution is 5.96. The van der Waals surface area contributed by atoms with Gasteiger partial charge in [0.25, 0.3) is 0 Å². The Morgan fingerprint density at radius 1 is 0.541 bits per heavy atom. The van der Waals surface area contributed by atoms with E-state index in [0.717, 1.165) is 16.7 Å². The number of carbonyl (C=O) groups excluding carboxylic acids is 6. The monoisotopic (exact) mass is 841 g/mol. The summed E-state index contributed by atoms with van der Waals surface area (Å²) in [5, 5.41) is 10.1. The van der Waals surface area contributed by atoms with Gasteiger partial charge >= 0.3 is 18.3 Å². The zero-order chi connectivity index (χ0) is 44.8. The molecule has 0 aromatic heterocycles. The van der Waals surface area contributed by atoms with Crippen molar-refractivity contribution in [3.63, 3.8) is 0 Å². The molecule has 0 bridgehead atoms. The Morgan fingerprint density at radius 2 is 0.869 bits per heavy atom. The maximum Gasteiger partial charge on any atom is 0.416 e. The lowest BCUT2D eigenvalue weighted by Crippen LogP contribution is -2.46. The molecule has 3 aromatic carbocycles. The Bertz CT molecular complexity index is 1810. The van der Waals surface area contributed by atoms with Crippen molar-refractivity contribution in [3.05, 3.63) is 108 Å². The highest BCUT2D eigenvalue weighted by Gasteiger charge is 2.43. The number of nitrogens with zero attached hydrogens (tertiary/aromatic N) is 3. The van der Waals surface area contributed by atoms with E-state index in [-0.39, 0.29) is 66.8 Å². The second-order valence-corrected chi connectivity index (χ2v) is 16.7. The Labute approximate surface area is 360 Å². The van der Waals surface area contributed by atoms with E-state index in [4.69, 9.17) is 14.2 Å². The topological polar surface area (TPSA) is 160 Å². The van der Waals surface area contributed by atoms with Gasteiger partial charge in [-0.05, 0) is 53.7 Å². The molecule has 0 saturated carbocycles. The Kier molecular flexibility index (Phi) is 18.0. The third-order valence-corrected chi connectivity index (χ3v) is 11.7. The van der Waals surface area contributed by atoms with Gasteiger partial charge in [-0.2, -0.15) is 0 Å². The summed E-state index contributed by atoms with van der Waals surface area (Å²) in [6.07, 6.45) is -0.249. The maximum absolute atomic E-state index is 12.7. The number of benzene rings is 3. The van der Waals surface area contributed by atoms with E-state index in [2.05, 4.69) is 20.8 Å². The highest BCUT2D eigenvalue weighted by atomic mass is 16.6. The molecule has 7 atom stereocenters. The summed E-state index contributed by atoms with van der Waals surface area (Å²) < 4.78 is 15.1. The molecule has 0 aliphatic carbocycles. The van der Waals surface area contributed by atoms with E-state index < -0.39 is 30.3 Å². The van der Waals surface area contributed by atoms with Gasteiger partial charge in [0, 0.05) is 12.3 Å². The summed E-state index contributed by atoms with van der Waals surface area (Å²) in [6, 6.07) is 28.7. The van der Waals surface area contributed by atoms with E-state index in [1.165, 1.54) is 14.7 Å². The first-order chi connectivity index (χ1) is 29.0. The lowest BCUT2D eigenvalue weighted by atomic mass is 9.85. The highest BCUT2D eigenvalue weighted by Crippen LogP contribution is 2.27. The van der Waals surface area contributed by atoms with Gasteiger partial charge < -0.3 is 19.3 Å². The standard InChI is InChI=1S/C18H25NO3.C17H23NO4.C13H15NO3/c1-12(2)13(3)14(4)17(20)19-16(11-22-18(19)21)10-15-8-6-5-7-9-15;1-11(2)15(19)12(3)16(20)18-14(10-22-17(18)21)9-13-7-5-4-6-8-13;1-2-12(15)14-11(9-17-13(14)16)8-10-6-4-3-5-7-10/h5-9,12-14,16H,10-11H2,1-4H3;4-8,11-12,14-15,19H,9-10H2,1-3H3;3-7,11H,2,8-9H2,1H3/t13-,14+,16+;12-,14-,15+;11-/m100/s1. The van der Waals surface area contributed by atoms with Crippen LogP contribution in [0.2, 0.25) is 0 Å². The molecule has 3 aliphatic heterocycles. The lowest BCUT2D eigenvalue weighted by molar-refractivity contribution is -0.137. The molecule has 3 aliphatic rings. The second-order valence-electron chi connectivity index (χ2n) is 16.7. The summed E-state index contributed by atoms with van der Waals surface area (Å²) in [7, 11) is 0. The minimum Gasteiger partial charge on any atom is -0.447 e. The maximum atomic E-state index is 12.7. The van der Waals surface area contributed by atoms with Crippen molar-refractivity contribution in [3.8, 4) is 0 Å². The van der Waals surface area contributed by atoms with E-state index in [1.54, 1.807) is 13.8 Å². The second kappa shape index (κ2) is 22.9. The molecule has 3 aromatic rings. The molecule has 330 valence electrons. The van der Waals surface area contributed by atoms with Crippen LogP contribution in [0.5, 0.6) is 0 Å². The van der Waals surface area contributed by atoms with Crippen LogP contribution in [0.25, 0.3) is 0 Å². The van der Waals surface area contributed by atoms with Crippen LogP contribution in [-0.2, 0) is 47.9 Å². The zero-order valence-corrected chi connectivity index (χ0v) is 36.8. The molecule has 0 unspecified atom stereocenters. The molecular weight excluding hydrogens is 779 g/mol. The van der Waals surface area contributed by atoms with E-state index in [0.29, 0.717) is 38.2 Å². The van der Waals surface area contributed by atoms with Gasteiger partial charge in [0.2, 0.25) is 17.7 Å². The van der Waals surface area contributed by atoms with Crippen LogP contribution in [0.4, 0.5) is 14.4 Å². The quantitative estimate of drug-likeness (QED) is 0.169. The number of amides is 6. The third-order valence-electron chi connectivity index (χ3n) is 11.7. The molecule has 13 nitrogen and oxygen atoms in total. The number of ether oxygens (including phenoxy) is 3. The molecule has 3 saturated heterocycles. The predicted octanol–water partition coefficient (Wildman–Crippen LogP) is 7.72. The number of aliphatic hydroxyl groups is 1. The number of imide groups is 3. The zero-order valence-electron chi connectivity index (χ0n) is 36.8. The number of cyclic esters (lactones) is 3. The molecule has 61 heavy (non-hydrogen) atoms. The molecule has 6 amide bonds. The molecule has 0 radical (unpaired) electrons. The van der Waals surface area contributed by atoms with Gasteiger partial charge in [-0.3, -0.25) is 14.4 Å². The first-order valence-corrected chi connectivity index (χ1v) is 21.3. The van der Waals surface area contributed by atoms with Crippen molar-refractivity contribution in [2.24, 2.45) is 29.6 Å². The van der Waals surface area contributed by atoms with Crippen molar-refractivity contribution >= 4 is 36.0 Å². The molecule has 1 N–H and O–H groups in total. The molecule has 3 heterocycles. The molecule has 0 spiro atoms. The molecule has 3 fully saturated rings.